The number of halogens is 1. The van der Waals surface area contributed by atoms with Crippen molar-refractivity contribution in [3.8, 4) is 0 Å². The third-order valence-corrected chi connectivity index (χ3v) is 3.30. The van der Waals surface area contributed by atoms with Gasteiger partial charge in [0.25, 0.3) is 0 Å². The number of rotatable bonds is 2. The van der Waals surface area contributed by atoms with E-state index in [0.29, 0.717) is 27.8 Å². The molecular weight excluding hydrogens is 252 g/mol. The van der Waals surface area contributed by atoms with Crippen LogP contribution in [0.4, 0.5) is 5.82 Å². The lowest BCUT2D eigenvalue weighted by Crippen LogP contribution is -2.07. The molecule has 2 aromatic rings. The van der Waals surface area contributed by atoms with Gasteiger partial charge in [-0.05, 0) is 25.5 Å². The lowest BCUT2D eigenvalue weighted by Gasteiger charge is -2.13. The molecule has 0 radical (unpaired) electrons. The summed E-state index contributed by atoms with van der Waals surface area (Å²) in [6.07, 6.45) is 0.738. The van der Waals surface area contributed by atoms with Crippen molar-refractivity contribution in [3.05, 3.63) is 39.8 Å². The molecule has 0 saturated heterocycles. The molecule has 0 aromatic carbocycles. The van der Waals surface area contributed by atoms with Crippen LogP contribution in [0.25, 0.3) is 0 Å². The summed E-state index contributed by atoms with van der Waals surface area (Å²) >= 11 is 6.13. The van der Waals surface area contributed by atoms with Gasteiger partial charge >= 0.3 is 0 Å². The largest absolute Gasteiger partial charge is 0.383 e. The van der Waals surface area contributed by atoms with Crippen LogP contribution in [0.3, 0.4) is 0 Å². The molecule has 0 aliphatic rings. The van der Waals surface area contributed by atoms with Gasteiger partial charge in [0.2, 0.25) is 0 Å². The van der Waals surface area contributed by atoms with E-state index in [-0.39, 0.29) is 0 Å². The Bertz CT molecular complexity index is 594. The van der Waals surface area contributed by atoms with Crippen molar-refractivity contribution in [1.29, 1.82) is 0 Å². The highest BCUT2D eigenvalue weighted by Crippen LogP contribution is 2.32. The number of pyridine rings is 1. The normalized spacial score (nSPS) is 12.7. The fourth-order valence-corrected chi connectivity index (χ4v) is 2.21. The van der Waals surface area contributed by atoms with Crippen LogP contribution in [-0.2, 0) is 7.05 Å². The van der Waals surface area contributed by atoms with Gasteiger partial charge in [0, 0.05) is 24.4 Å². The summed E-state index contributed by atoms with van der Waals surface area (Å²) in [5.41, 5.74) is 8.51. The molecule has 1 atom stereocenters. The molecule has 18 heavy (non-hydrogen) atoms. The van der Waals surface area contributed by atoms with Gasteiger partial charge in [-0.3, -0.25) is 4.68 Å². The first kappa shape index (κ1) is 12.9. The van der Waals surface area contributed by atoms with Crippen molar-refractivity contribution in [2.45, 2.75) is 20.0 Å². The Labute approximate surface area is 110 Å². The van der Waals surface area contributed by atoms with Crippen molar-refractivity contribution < 1.29 is 5.11 Å². The second kappa shape index (κ2) is 4.59. The molecule has 0 fully saturated rings. The second-order valence-corrected chi connectivity index (χ2v) is 4.66. The van der Waals surface area contributed by atoms with Crippen LogP contribution >= 0.6 is 11.6 Å². The minimum Gasteiger partial charge on any atom is -0.383 e. The van der Waals surface area contributed by atoms with Crippen LogP contribution in [0.2, 0.25) is 5.15 Å². The van der Waals surface area contributed by atoms with Crippen molar-refractivity contribution in [1.82, 2.24) is 14.8 Å². The lowest BCUT2D eigenvalue weighted by molar-refractivity contribution is 0.220. The highest BCUT2D eigenvalue weighted by Gasteiger charge is 2.23. The summed E-state index contributed by atoms with van der Waals surface area (Å²) in [6.45, 7) is 3.68. The van der Waals surface area contributed by atoms with E-state index in [1.807, 2.05) is 6.92 Å². The predicted octanol–water partition coefficient (Wildman–Crippen LogP) is 1.75. The molecule has 0 aliphatic carbocycles. The number of nitrogens with zero attached hydrogens (tertiary/aromatic N) is 3. The van der Waals surface area contributed by atoms with Crippen LogP contribution in [-0.4, -0.2) is 19.9 Å². The van der Waals surface area contributed by atoms with Crippen molar-refractivity contribution in [2.24, 2.45) is 7.05 Å². The Morgan fingerprint density at radius 1 is 1.44 bits per heavy atom. The number of anilines is 1. The van der Waals surface area contributed by atoms with E-state index in [2.05, 4.69) is 10.1 Å². The fraction of sp³-hybridized carbons (Fsp3) is 0.333. The summed E-state index contributed by atoms with van der Waals surface area (Å²) in [5, 5.41) is 15.0. The molecule has 0 aliphatic heterocycles. The summed E-state index contributed by atoms with van der Waals surface area (Å²) in [6, 6.07) is 1.80. The highest BCUT2D eigenvalue weighted by atomic mass is 35.5. The van der Waals surface area contributed by atoms with E-state index < -0.39 is 6.10 Å². The Kier molecular flexibility index (Phi) is 3.28. The maximum atomic E-state index is 10.4. The van der Waals surface area contributed by atoms with E-state index in [9.17, 15) is 5.11 Å². The molecule has 0 saturated carbocycles. The quantitative estimate of drug-likeness (QED) is 0.868. The Morgan fingerprint density at radius 3 is 2.67 bits per heavy atom. The van der Waals surface area contributed by atoms with E-state index in [0.717, 1.165) is 5.56 Å². The standard InChI is InChI=1S/C12H15ClN4O/c1-6-4-8(12(14)15-5-6)10(18)9-7(2)16-17(3)11(9)13/h4-5,10,18H,1-3H3,(H2,14,15). The van der Waals surface area contributed by atoms with Gasteiger partial charge in [-0.1, -0.05) is 11.6 Å². The van der Waals surface area contributed by atoms with E-state index in [4.69, 9.17) is 17.3 Å². The Balaban J connectivity index is 2.54. The maximum Gasteiger partial charge on any atom is 0.133 e. The Morgan fingerprint density at radius 2 is 2.11 bits per heavy atom. The smallest absolute Gasteiger partial charge is 0.133 e. The molecule has 0 spiro atoms. The number of hydrogen-bond donors (Lipinski definition) is 2. The number of aryl methyl sites for hydroxylation is 3. The predicted molar refractivity (Wildman–Crippen MR) is 70.4 cm³/mol. The molecule has 3 N–H and O–H groups in total. The number of aliphatic hydroxyl groups excluding tert-OH is 1. The average Bonchev–Trinajstić information content (AvgIpc) is 2.56. The van der Waals surface area contributed by atoms with Gasteiger partial charge in [-0.2, -0.15) is 5.10 Å². The molecule has 5 nitrogen and oxygen atoms in total. The maximum absolute atomic E-state index is 10.4. The number of aromatic nitrogens is 3. The zero-order valence-corrected chi connectivity index (χ0v) is 11.2. The number of nitrogen functional groups attached to an aromatic ring is 1. The molecule has 0 amide bonds. The topological polar surface area (TPSA) is 77.0 Å². The molecule has 2 aromatic heterocycles. The molecule has 1 unspecified atom stereocenters. The van der Waals surface area contributed by atoms with Gasteiger partial charge in [-0.25, -0.2) is 4.98 Å². The summed E-state index contributed by atoms with van der Waals surface area (Å²) in [4.78, 5) is 4.04. The molecule has 2 heterocycles. The van der Waals surface area contributed by atoms with E-state index >= 15 is 0 Å². The van der Waals surface area contributed by atoms with Crippen molar-refractivity contribution in [2.75, 3.05) is 5.73 Å². The van der Waals surface area contributed by atoms with Gasteiger partial charge < -0.3 is 10.8 Å². The van der Waals surface area contributed by atoms with Crippen LogP contribution in [0, 0.1) is 13.8 Å². The first-order valence-corrected chi connectivity index (χ1v) is 5.88. The zero-order chi connectivity index (χ0) is 13.4. The van der Waals surface area contributed by atoms with E-state index in [1.54, 1.807) is 26.2 Å². The van der Waals surface area contributed by atoms with Crippen molar-refractivity contribution >= 4 is 17.4 Å². The average molecular weight is 267 g/mol. The first-order valence-electron chi connectivity index (χ1n) is 5.51. The number of aliphatic hydroxyl groups is 1. The molecule has 0 bridgehead atoms. The first-order chi connectivity index (χ1) is 8.41. The number of hydrogen-bond acceptors (Lipinski definition) is 4. The highest BCUT2D eigenvalue weighted by molar-refractivity contribution is 6.30. The monoisotopic (exact) mass is 266 g/mol. The number of nitrogens with two attached hydrogens (primary N) is 1. The zero-order valence-electron chi connectivity index (χ0n) is 10.5. The molecular formula is C12H15ClN4O. The van der Waals surface area contributed by atoms with Crippen molar-refractivity contribution in [3.63, 3.8) is 0 Å². The second-order valence-electron chi connectivity index (χ2n) is 4.30. The summed E-state index contributed by atoms with van der Waals surface area (Å²) < 4.78 is 1.52. The summed E-state index contributed by atoms with van der Waals surface area (Å²) in [7, 11) is 1.73. The lowest BCUT2D eigenvalue weighted by atomic mass is 10.0. The van der Waals surface area contributed by atoms with Gasteiger partial charge in [-0.15, -0.1) is 0 Å². The third-order valence-electron chi connectivity index (χ3n) is 2.85. The van der Waals surface area contributed by atoms with Crippen LogP contribution in [0.15, 0.2) is 12.3 Å². The third kappa shape index (κ3) is 2.07. The molecule has 96 valence electrons. The van der Waals surface area contributed by atoms with Crippen LogP contribution < -0.4 is 5.73 Å². The fourth-order valence-electron chi connectivity index (χ4n) is 1.93. The summed E-state index contributed by atoms with van der Waals surface area (Å²) in [5.74, 6) is 0.299. The van der Waals surface area contributed by atoms with Crippen LogP contribution in [0.1, 0.15) is 28.5 Å². The molecule has 2 rings (SSSR count). The van der Waals surface area contributed by atoms with Gasteiger partial charge in [0.05, 0.1) is 5.69 Å². The van der Waals surface area contributed by atoms with Gasteiger partial charge in [0.1, 0.15) is 17.1 Å². The molecule has 6 heteroatoms. The van der Waals surface area contributed by atoms with Gasteiger partial charge in [0.15, 0.2) is 0 Å². The Hall–Kier alpha value is -1.59. The SMILES string of the molecule is Cc1cnc(N)c(C(O)c2c(C)nn(C)c2Cl)c1. The minimum absolute atomic E-state index is 0.299. The van der Waals surface area contributed by atoms with E-state index in [1.165, 1.54) is 4.68 Å². The van der Waals surface area contributed by atoms with Crippen LogP contribution in [0.5, 0.6) is 0 Å². The minimum atomic E-state index is -0.918.